The monoisotopic (exact) mass is 335 g/mol. The van der Waals surface area contributed by atoms with Crippen LogP contribution in [0.15, 0.2) is 72.8 Å². The minimum absolute atomic E-state index is 0.182. The van der Waals surface area contributed by atoms with Crippen LogP contribution < -0.4 is 10.1 Å². The van der Waals surface area contributed by atoms with Gasteiger partial charge in [-0.3, -0.25) is 4.79 Å². The molecular weight excluding hydrogens is 310 g/mol. The predicted molar refractivity (Wildman–Crippen MR) is 104 cm³/mol. The van der Waals surface area contributed by atoms with Crippen LogP contribution in [0.2, 0.25) is 0 Å². The van der Waals surface area contributed by atoms with E-state index in [1.807, 2.05) is 43.3 Å². The highest BCUT2D eigenvalue weighted by Gasteiger charge is 2.10. The normalized spacial score (nSPS) is 10.2. The summed E-state index contributed by atoms with van der Waals surface area (Å²) < 4.78 is 5.72. The summed E-state index contributed by atoms with van der Waals surface area (Å²) >= 11 is 0. The molecule has 0 bridgehead atoms. The number of allylic oxidation sites excluding steroid dienone is 1. The number of ether oxygens (including phenoxy) is 1. The Bertz CT molecular complexity index is 763. The number of hydrogen-bond acceptors (Lipinski definition) is 2. The van der Waals surface area contributed by atoms with Crippen LogP contribution in [0.5, 0.6) is 5.75 Å². The molecule has 3 nitrogen and oxygen atoms in total. The molecule has 1 N–H and O–H groups in total. The molecule has 0 aliphatic heterocycles. The fourth-order valence-electron chi connectivity index (χ4n) is 2.55. The average molecular weight is 335 g/mol. The smallest absolute Gasteiger partial charge is 0.250 e. The van der Waals surface area contributed by atoms with E-state index in [9.17, 15) is 4.79 Å². The summed E-state index contributed by atoms with van der Waals surface area (Å²) in [6.07, 6.45) is 1.51. The van der Waals surface area contributed by atoms with Gasteiger partial charge in [-0.25, -0.2) is 0 Å². The Hall–Kier alpha value is -2.81. The van der Waals surface area contributed by atoms with Crippen LogP contribution >= 0.6 is 0 Å². The first-order valence-electron chi connectivity index (χ1n) is 8.42. The van der Waals surface area contributed by atoms with Crippen molar-refractivity contribution in [2.45, 2.75) is 26.7 Å². The standard InChI is InChI=1S/C22H25NO2/c1-5-25-21-12-11-20(23-22(24)16(2)3)15-19(21)14-17(4)13-18-9-7-6-8-10-18/h6-12,15H,2,4-5,13-14H2,1,3H3,(H,23,24). The number of amides is 1. The van der Waals surface area contributed by atoms with Crippen molar-refractivity contribution in [3.63, 3.8) is 0 Å². The minimum Gasteiger partial charge on any atom is -0.494 e. The maximum absolute atomic E-state index is 11.8. The second-order valence-electron chi connectivity index (χ2n) is 6.08. The summed E-state index contributed by atoms with van der Waals surface area (Å²) in [4.78, 5) is 11.8. The van der Waals surface area contributed by atoms with Crippen LogP contribution in [0.1, 0.15) is 25.0 Å². The Labute approximate surface area is 150 Å². The lowest BCUT2D eigenvalue weighted by Crippen LogP contribution is -2.12. The van der Waals surface area contributed by atoms with Gasteiger partial charge in [-0.05, 0) is 50.5 Å². The summed E-state index contributed by atoms with van der Waals surface area (Å²) in [6.45, 7) is 12.1. The molecule has 3 heteroatoms. The molecule has 2 aromatic carbocycles. The van der Waals surface area contributed by atoms with Crippen molar-refractivity contribution in [2.75, 3.05) is 11.9 Å². The van der Waals surface area contributed by atoms with Gasteiger partial charge >= 0.3 is 0 Å². The lowest BCUT2D eigenvalue weighted by Gasteiger charge is -2.14. The lowest BCUT2D eigenvalue weighted by molar-refractivity contribution is -0.112. The van der Waals surface area contributed by atoms with Crippen LogP contribution in [-0.4, -0.2) is 12.5 Å². The molecule has 0 spiro atoms. The second-order valence-corrected chi connectivity index (χ2v) is 6.08. The van der Waals surface area contributed by atoms with Crippen molar-refractivity contribution in [3.05, 3.63) is 84.0 Å². The lowest BCUT2D eigenvalue weighted by atomic mass is 9.98. The Balaban J connectivity index is 2.16. The third-order valence-electron chi connectivity index (χ3n) is 3.74. The molecule has 0 fully saturated rings. The number of hydrogen-bond donors (Lipinski definition) is 1. The van der Waals surface area contributed by atoms with Crippen molar-refractivity contribution in [2.24, 2.45) is 0 Å². The summed E-state index contributed by atoms with van der Waals surface area (Å²) in [5, 5.41) is 2.85. The van der Waals surface area contributed by atoms with E-state index < -0.39 is 0 Å². The third-order valence-corrected chi connectivity index (χ3v) is 3.74. The van der Waals surface area contributed by atoms with Crippen molar-refractivity contribution >= 4 is 11.6 Å². The van der Waals surface area contributed by atoms with E-state index in [0.29, 0.717) is 18.6 Å². The highest BCUT2D eigenvalue weighted by Crippen LogP contribution is 2.26. The van der Waals surface area contributed by atoms with Crippen LogP contribution in [-0.2, 0) is 17.6 Å². The van der Waals surface area contributed by atoms with Crippen LogP contribution in [0.3, 0.4) is 0 Å². The van der Waals surface area contributed by atoms with Gasteiger partial charge in [-0.2, -0.15) is 0 Å². The first-order chi connectivity index (χ1) is 12.0. The van der Waals surface area contributed by atoms with Crippen LogP contribution in [0.4, 0.5) is 5.69 Å². The van der Waals surface area contributed by atoms with Crippen molar-refractivity contribution < 1.29 is 9.53 Å². The molecule has 0 unspecified atom stereocenters. The zero-order valence-electron chi connectivity index (χ0n) is 15.0. The van der Waals surface area contributed by atoms with E-state index in [1.165, 1.54) is 5.56 Å². The summed E-state index contributed by atoms with van der Waals surface area (Å²) in [7, 11) is 0. The minimum atomic E-state index is -0.182. The van der Waals surface area contributed by atoms with E-state index >= 15 is 0 Å². The quantitative estimate of drug-likeness (QED) is 0.548. The molecule has 0 saturated carbocycles. The molecule has 130 valence electrons. The fraction of sp³-hybridized carbons (Fsp3) is 0.227. The number of carbonyl (C=O) groups excluding carboxylic acids is 1. The number of carbonyl (C=O) groups is 1. The zero-order chi connectivity index (χ0) is 18.2. The van der Waals surface area contributed by atoms with Gasteiger partial charge in [-0.15, -0.1) is 0 Å². The van der Waals surface area contributed by atoms with Gasteiger partial charge in [0.05, 0.1) is 6.61 Å². The summed E-state index contributed by atoms with van der Waals surface area (Å²) in [6, 6.07) is 15.9. The zero-order valence-corrected chi connectivity index (χ0v) is 15.0. The molecule has 1 amide bonds. The SMILES string of the molecule is C=C(Cc1ccccc1)Cc1cc(NC(=O)C(=C)C)ccc1OCC. The van der Waals surface area contributed by atoms with Crippen LogP contribution in [0.25, 0.3) is 0 Å². The molecular formula is C22H25NO2. The molecule has 0 heterocycles. The van der Waals surface area contributed by atoms with E-state index in [1.54, 1.807) is 6.92 Å². The van der Waals surface area contributed by atoms with Gasteiger partial charge in [0.1, 0.15) is 5.75 Å². The summed E-state index contributed by atoms with van der Waals surface area (Å²) in [5.74, 6) is 0.642. The van der Waals surface area contributed by atoms with Gasteiger partial charge in [0.2, 0.25) is 0 Å². The van der Waals surface area contributed by atoms with Gasteiger partial charge in [0, 0.05) is 16.8 Å². The third kappa shape index (κ3) is 5.64. The van der Waals surface area contributed by atoms with Gasteiger partial charge in [0.15, 0.2) is 0 Å². The fourth-order valence-corrected chi connectivity index (χ4v) is 2.55. The Morgan fingerprint density at radius 2 is 1.80 bits per heavy atom. The van der Waals surface area contributed by atoms with E-state index in [-0.39, 0.29) is 5.91 Å². The molecule has 2 aromatic rings. The Morgan fingerprint density at radius 1 is 1.08 bits per heavy atom. The molecule has 2 rings (SSSR count). The number of benzene rings is 2. The second kappa shape index (κ2) is 8.88. The summed E-state index contributed by atoms with van der Waals surface area (Å²) in [5.41, 5.74) is 4.55. The van der Waals surface area contributed by atoms with Crippen LogP contribution in [0, 0.1) is 0 Å². The number of nitrogens with one attached hydrogen (secondary N) is 1. The molecule has 0 radical (unpaired) electrons. The maximum atomic E-state index is 11.8. The highest BCUT2D eigenvalue weighted by atomic mass is 16.5. The Kier molecular flexibility index (Phi) is 6.58. The first-order valence-corrected chi connectivity index (χ1v) is 8.42. The van der Waals surface area contributed by atoms with Crippen molar-refractivity contribution in [1.29, 1.82) is 0 Å². The molecule has 0 aliphatic carbocycles. The van der Waals surface area contributed by atoms with Crippen molar-refractivity contribution in [3.8, 4) is 5.75 Å². The number of anilines is 1. The first kappa shape index (κ1) is 18.5. The van der Waals surface area contributed by atoms with Gasteiger partial charge in [-0.1, -0.05) is 49.1 Å². The van der Waals surface area contributed by atoms with Crippen molar-refractivity contribution in [1.82, 2.24) is 0 Å². The molecule has 0 aliphatic rings. The molecule has 25 heavy (non-hydrogen) atoms. The maximum Gasteiger partial charge on any atom is 0.250 e. The predicted octanol–water partition coefficient (Wildman–Crippen LogP) is 4.94. The van der Waals surface area contributed by atoms with E-state index in [2.05, 4.69) is 30.6 Å². The topological polar surface area (TPSA) is 38.3 Å². The van der Waals surface area contributed by atoms with E-state index in [0.717, 1.165) is 29.0 Å². The molecule has 0 saturated heterocycles. The average Bonchev–Trinajstić information content (AvgIpc) is 2.58. The highest BCUT2D eigenvalue weighted by molar-refractivity contribution is 6.02. The molecule has 0 atom stereocenters. The largest absolute Gasteiger partial charge is 0.494 e. The van der Waals surface area contributed by atoms with Gasteiger partial charge < -0.3 is 10.1 Å². The van der Waals surface area contributed by atoms with Gasteiger partial charge in [0.25, 0.3) is 5.91 Å². The Morgan fingerprint density at radius 3 is 2.44 bits per heavy atom. The molecule has 0 aromatic heterocycles. The number of rotatable bonds is 8. The van der Waals surface area contributed by atoms with E-state index in [4.69, 9.17) is 4.74 Å².